The van der Waals surface area contributed by atoms with E-state index in [0.29, 0.717) is 33.9 Å². The molecule has 1 aliphatic carbocycles. The van der Waals surface area contributed by atoms with Crippen molar-refractivity contribution in [1.82, 2.24) is 15.2 Å². The highest BCUT2D eigenvalue weighted by molar-refractivity contribution is 5.97. The predicted octanol–water partition coefficient (Wildman–Crippen LogP) is 3.07. The number of carbonyl (C=O) groups excluding carboxylic acids is 1. The van der Waals surface area contributed by atoms with Gasteiger partial charge in [-0.3, -0.25) is 9.89 Å². The van der Waals surface area contributed by atoms with Crippen LogP contribution in [0.1, 0.15) is 6.42 Å². The summed E-state index contributed by atoms with van der Waals surface area (Å²) in [5.41, 5.74) is 1.65. The monoisotopic (exact) mass is 344 g/mol. The van der Waals surface area contributed by atoms with Gasteiger partial charge in [0.15, 0.2) is 5.65 Å². The fourth-order valence-corrected chi connectivity index (χ4v) is 2.70. The number of nitrogens with zero attached hydrogens (tertiary/aromatic N) is 2. The molecule has 4 rings (SSSR count). The van der Waals surface area contributed by atoms with E-state index in [9.17, 15) is 13.6 Å². The van der Waals surface area contributed by atoms with Crippen LogP contribution in [0, 0.1) is 11.7 Å². The number of halogens is 2. The quantitative estimate of drug-likeness (QED) is 0.762. The molecule has 0 aliphatic heterocycles. The molecule has 6 nitrogen and oxygen atoms in total. The fraction of sp³-hybridized carbons (Fsp3) is 0.235. The number of aromatic amines is 1. The molecular formula is C17H14F2N4O2. The van der Waals surface area contributed by atoms with Crippen molar-refractivity contribution in [3.63, 3.8) is 0 Å². The van der Waals surface area contributed by atoms with Crippen molar-refractivity contribution in [2.24, 2.45) is 5.92 Å². The van der Waals surface area contributed by atoms with Gasteiger partial charge in [0.25, 0.3) is 0 Å². The highest BCUT2D eigenvalue weighted by Crippen LogP contribution is 2.36. The van der Waals surface area contributed by atoms with Crippen molar-refractivity contribution in [3.05, 3.63) is 36.1 Å². The Morgan fingerprint density at radius 1 is 1.36 bits per heavy atom. The Morgan fingerprint density at radius 3 is 2.88 bits per heavy atom. The van der Waals surface area contributed by atoms with E-state index in [4.69, 9.17) is 4.74 Å². The highest BCUT2D eigenvalue weighted by Gasteiger charge is 2.43. The molecule has 1 fully saturated rings. The van der Waals surface area contributed by atoms with E-state index in [2.05, 4.69) is 20.5 Å². The molecule has 1 saturated carbocycles. The van der Waals surface area contributed by atoms with Crippen molar-refractivity contribution in [3.8, 4) is 17.0 Å². The third kappa shape index (κ3) is 2.79. The van der Waals surface area contributed by atoms with Crippen molar-refractivity contribution in [2.75, 3.05) is 12.4 Å². The van der Waals surface area contributed by atoms with Crippen molar-refractivity contribution >= 4 is 22.8 Å². The molecule has 1 aromatic carbocycles. The third-order valence-electron chi connectivity index (χ3n) is 4.15. The lowest BCUT2D eigenvalue weighted by atomic mass is 10.1. The van der Waals surface area contributed by atoms with Crippen LogP contribution in [0.3, 0.4) is 0 Å². The number of carbonyl (C=O) groups is 1. The zero-order valence-electron chi connectivity index (χ0n) is 13.2. The molecule has 2 heterocycles. The Balaban J connectivity index is 1.67. The molecule has 2 aromatic heterocycles. The number of hydrogen-bond donors (Lipinski definition) is 2. The number of anilines is 1. The molecule has 0 bridgehead atoms. The number of nitrogens with one attached hydrogen (secondary N) is 2. The minimum atomic E-state index is -1.06. The Morgan fingerprint density at radius 2 is 2.16 bits per heavy atom. The molecule has 128 valence electrons. The number of pyridine rings is 1. The summed E-state index contributed by atoms with van der Waals surface area (Å²) in [5.74, 6) is -0.698. The highest BCUT2D eigenvalue weighted by atomic mass is 19.1. The lowest BCUT2D eigenvalue weighted by Gasteiger charge is -2.07. The average Bonchev–Trinajstić information content (AvgIpc) is 3.20. The van der Waals surface area contributed by atoms with Crippen LogP contribution in [0.2, 0.25) is 0 Å². The molecule has 2 unspecified atom stereocenters. The minimum absolute atomic E-state index is 0.255. The lowest BCUT2D eigenvalue weighted by molar-refractivity contribution is -0.117. The van der Waals surface area contributed by atoms with Crippen LogP contribution >= 0.6 is 0 Å². The van der Waals surface area contributed by atoms with E-state index < -0.39 is 17.9 Å². The molecule has 25 heavy (non-hydrogen) atoms. The lowest BCUT2D eigenvalue weighted by Crippen LogP contribution is -2.15. The number of aromatic nitrogens is 3. The first kappa shape index (κ1) is 15.5. The van der Waals surface area contributed by atoms with Gasteiger partial charge in [-0.05, 0) is 30.7 Å². The fourth-order valence-electron chi connectivity index (χ4n) is 2.70. The maximum atomic E-state index is 13.4. The van der Waals surface area contributed by atoms with Gasteiger partial charge in [0, 0.05) is 17.0 Å². The number of H-pyrrole nitrogens is 1. The smallest absolute Gasteiger partial charge is 0.231 e. The van der Waals surface area contributed by atoms with Gasteiger partial charge in [0.2, 0.25) is 5.91 Å². The molecule has 0 saturated heterocycles. The number of alkyl halides is 1. The van der Waals surface area contributed by atoms with Crippen molar-refractivity contribution < 1.29 is 18.3 Å². The number of amides is 1. The molecular weight excluding hydrogens is 330 g/mol. The standard InChI is InChI=1S/C17H14F2N4O2/c1-25-13-6-8(18)2-3-9(13)15-10-4-5-14(20-16(10)23-22-15)21-17(24)11-7-12(11)19/h2-6,11-12H,7H2,1H3,(H2,20,21,22,23,24). The minimum Gasteiger partial charge on any atom is -0.496 e. The van der Waals surface area contributed by atoms with Crippen LogP contribution in [0.25, 0.3) is 22.3 Å². The molecule has 2 N–H and O–H groups in total. The Kier molecular flexibility index (Phi) is 3.60. The van der Waals surface area contributed by atoms with Crippen LogP contribution in [0.5, 0.6) is 5.75 Å². The van der Waals surface area contributed by atoms with Gasteiger partial charge in [0.1, 0.15) is 23.6 Å². The van der Waals surface area contributed by atoms with Gasteiger partial charge < -0.3 is 10.1 Å². The molecule has 0 spiro atoms. The predicted molar refractivity (Wildman–Crippen MR) is 87.5 cm³/mol. The average molecular weight is 344 g/mol. The second-order valence-electron chi connectivity index (χ2n) is 5.86. The third-order valence-corrected chi connectivity index (χ3v) is 4.15. The Hall–Kier alpha value is -3.03. The van der Waals surface area contributed by atoms with Gasteiger partial charge in [-0.2, -0.15) is 5.10 Å². The maximum Gasteiger partial charge on any atom is 0.231 e. The number of rotatable bonds is 4. The summed E-state index contributed by atoms with van der Waals surface area (Å²) in [7, 11) is 1.46. The van der Waals surface area contributed by atoms with Crippen molar-refractivity contribution in [1.29, 1.82) is 0 Å². The van der Waals surface area contributed by atoms with Crippen LogP contribution in [0.15, 0.2) is 30.3 Å². The van der Waals surface area contributed by atoms with Gasteiger partial charge in [-0.15, -0.1) is 0 Å². The second-order valence-corrected chi connectivity index (χ2v) is 5.86. The van der Waals surface area contributed by atoms with Crippen LogP contribution < -0.4 is 10.1 Å². The van der Waals surface area contributed by atoms with Gasteiger partial charge >= 0.3 is 0 Å². The van der Waals surface area contributed by atoms with Gasteiger partial charge in [-0.1, -0.05) is 0 Å². The summed E-state index contributed by atoms with van der Waals surface area (Å²) in [4.78, 5) is 16.0. The number of benzene rings is 1. The number of methoxy groups -OCH3 is 1. The largest absolute Gasteiger partial charge is 0.496 e. The van der Waals surface area contributed by atoms with E-state index in [0.717, 1.165) is 0 Å². The van der Waals surface area contributed by atoms with E-state index in [1.165, 1.54) is 19.2 Å². The zero-order chi connectivity index (χ0) is 17.6. The molecule has 1 aliphatic rings. The van der Waals surface area contributed by atoms with Gasteiger partial charge in [0.05, 0.1) is 18.7 Å². The van der Waals surface area contributed by atoms with Crippen LogP contribution in [-0.2, 0) is 4.79 Å². The molecule has 0 radical (unpaired) electrons. The first-order valence-electron chi connectivity index (χ1n) is 7.71. The van der Waals surface area contributed by atoms with Crippen LogP contribution in [0.4, 0.5) is 14.6 Å². The SMILES string of the molecule is COc1cc(F)ccc1-c1[nH]nc2nc(NC(=O)C3CC3F)ccc12. The van der Waals surface area contributed by atoms with Gasteiger partial charge in [-0.25, -0.2) is 13.8 Å². The number of ether oxygens (including phenoxy) is 1. The summed E-state index contributed by atoms with van der Waals surface area (Å²) in [5, 5.41) is 10.3. The molecule has 2 atom stereocenters. The van der Waals surface area contributed by atoms with Crippen LogP contribution in [-0.4, -0.2) is 34.4 Å². The first-order valence-corrected chi connectivity index (χ1v) is 7.71. The van der Waals surface area contributed by atoms with E-state index >= 15 is 0 Å². The number of hydrogen-bond acceptors (Lipinski definition) is 4. The van der Waals surface area contributed by atoms with Crippen molar-refractivity contribution in [2.45, 2.75) is 12.6 Å². The maximum absolute atomic E-state index is 13.4. The molecule has 1 amide bonds. The van der Waals surface area contributed by atoms with E-state index in [-0.39, 0.29) is 12.3 Å². The Labute approximate surface area is 141 Å². The Bertz CT molecular complexity index is 972. The number of fused-ring (bicyclic) bond motifs is 1. The summed E-state index contributed by atoms with van der Waals surface area (Å²) in [6.07, 6.45) is -0.808. The summed E-state index contributed by atoms with van der Waals surface area (Å²) in [6.45, 7) is 0. The summed E-state index contributed by atoms with van der Waals surface area (Å²) < 4.78 is 31.5. The normalized spacial score (nSPS) is 19.0. The summed E-state index contributed by atoms with van der Waals surface area (Å²) >= 11 is 0. The molecule has 3 aromatic rings. The zero-order valence-corrected chi connectivity index (χ0v) is 13.2. The van der Waals surface area contributed by atoms with E-state index in [1.807, 2.05) is 0 Å². The second kappa shape index (κ2) is 5.80. The van der Waals surface area contributed by atoms with E-state index in [1.54, 1.807) is 18.2 Å². The topological polar surface area (TPSA) is 79.9 Å². The summed E-state index contributed by atoms with van der Waals surface area (Å²) in [6, 6.07) is 7.55. The first-order chi connectivity index (χ1) is 12.1. The molecule has 8 heteroatoms.